The number of benzene rings is 3. The molecule has 2 aliphatic heterocycles. The Balaban J connectivity index is 1.28. The number of anilines is 1. The molecule has 0 bridgehead atoms. The summed E-state index contributed by atoms with van der Waals surface area (Å²) >= 11 is 0. The molecular formula is C31H35N3O3. The Labute approximate surface area is 219 Å². The fraction of sp³-hybridized carbons (Fsp3) is 0.355. The largest absolute Gasteiger partial charge is 0.375 e. The summed E-state index contributed by atoms with van der Waals surface area (Å²) in [5, 5.41) is 0. The standard InChI is InChI=1S/C31H35N3O3/c35-30-22-33(31(36)27-14-16-28(17-15-27)32-18-8-3-9-19-32)21-29(24-37-23-26-12-6-2-7-13-26)34(30)20-25-10-4-1-5-11-25/h1-2,4-7,10-17,29H,3,8-9,18-24H2/t29-/m1/s1. The molecule has 2 aliphatic rings. The van der Waals surface area contributed by atoms with Crippen LogP contribution in [-0.4, -0.2) is 60.4 Å². The van der Waals surface area contributed by atoms with Crippen molar-refractivity contribution in [1.82, 2.24) is 9.80 Å². The summed E-state index contributed by atoms with van der Waals surface area (Å²) in [5.41, 5.74) is 3.93. The SMILES string of the molecule is O=C(c1ccc(N2CCCCC2)cc1)N1CC(=O)N(Cc2ccccc2)[C@@H](COCc2ccccc2)C1. The lowest BCUT2D eigenvalue weighted by molar-refractivity contribution is -0.141. The van der Waals surface area contributed by atoms with Crippen LogP contribution in [0.4, 0.5) is 5.69 Å². The van der Waals surface area contributed by atoms with E-state index in [1.807, 2.05) is 89.8 Å². The van der Waals surface area contributed by atoms with Crippen LogP contribution in [0.15, 0.2) is 84.9 Å². The number of carbonyl (C=O) groups is 2. The number of amides is 2. The Hall–Kier alpha value is -3.64. The first-order valence-corrected chi connectivity index (χ1v) is 13.3. The highest BCUT2D eigenvalue weighted by Crippen LogP contribution is 2.22. The van der Waals surface area contributed by atoms with Gasteiger partial charge in [0.25, 0.3) is 5.91 Å². The predicted molar refractivity (Wildman–Crippen MR) is 145 cm³/mol. The second-order valence-electron chi connectivity index (χ2n) is 9.94. The Morgan fingerprint density at radius 2 is 1.46 bits per heavy atom. The number of nitrogens with zero attached hydrogens (tertiary/aromatic N) is 3. The van der Waals surface area contributed by atoms with E-state index in [0.29, 0.717) is 31.9 Å². The van der Waals surface area contributed by atoms with Crippen LogP contribution in [0.25, 0.3) is 0 Å². The number of hydrogen-bond acceptors (Lipinski definition) is 4. The van der Waals surface area contributed by atoms with E-state index in [1.165, 1.54) is 19.3 Å². The molecule has 2 fully saturated rings. The fourth-order valence-electron chi connectivity index (χ4n) is 5.21. The smallest absolute Gasteiger partial charge is 0.254 e. The van der Waals surface area contributed by atoms with Crippen LogP contribution in [0.3, 0.4) is 0 Å². The van der Waals surface area contributed by atoms with Gasteiger partial charge < -0.3 is 19.4 Å². The van der Waals surface area contributed by atoms with Crippen LogP contribution in [0.2, 0.25) is 0 Å². The normalized spacial score (nSPS) is 18.2. The molecule has 2 heterocycles. The van der Waals surface area contributed by atoms with E-state index in [1.54, 1.807) is 4.90 Å². The predicted octanol–water partition coefficient (Wildman–Crippen LogP) is 4.75. The van der Waals surface area contributed by atoms with Gasteiger partial charge in [-0.05, 0) is 54.7 Å². The van der Waals surface area contributed by atoms with Gasteiger partial charge >= 0.3 is 0 Å². The topological polar surface area (TPSA) is 53.1 Å². The average Bonchev–Trinajstić information content (AvgIpc) is 2.96. The zero-order chi connectivity index (χ0) is 25.5. The molecule has 0 N–H and O–H groups in total. The molecule has 0 unspecified atom stereocenters. The number of piperidine rings is 1. The fourth-order valence-corrected chi connectivity index (χ4v) is 5.21. The van der Waals surface area contributed by atoms with Gasteiger partial charge in [-0.2, -0.15) is 0 Å². The third kappa shape index (κ3) is 6.38. The maximum Gasteiger partial charge on any atom is 0.254 e. The minimum atomic E-state index is -0.221. The van der Waals surface area contributed by atoms with Gasteiger partial charge in [0.1, 0.15) is 6.54 Å². The Bertz CT molecular complexity index is 1160. The molecule has 0 aliphatic carbocycles. The molecule has 37 heavy (non-hydrogen) atoms. The van der Waals surface area contributed by atoms with Crippen molar-refractivity contribution < 1.29 is 14.3 Å². The molecule has 2 saturated heterocycles. The number of piperazine rings is 1. The molecule has 1 atom stereocenters. The van der Waals surface area contributed by atoms with Crippen molar-refractivity contribution in [3.05, 3.63) is 102 Å². The van der Waals surface area contributed by atoms with E-state index in [0.717, 1.165) is 29.9 Å². The van der Waals surface area contributed by atoms with Gasteiger partial charge in [-0.15, -0.1) is 0 Å². The van der Waals surface area contributed by atoms with Crippen LogP contribution in [-0.2, 0) is 22.7 Å². The number of ether oxygens (including phenoxy) is 1. The third-order valence-electron chi connectivity index (χ3n) is 7.26. The Morgan fingerprint density at radius 1 is 0.811 bits per heavy atom. The van der Waals surface area contributed by atoms with E-state index < -0.39 is 0 Å². The third-order valence-corrected chi connectivity index (χ3v) is 7.26. The van der Waals surface area contributed by atoms with Crippen LogP contribution < -0.4 is 4.90 Å². The summed E-state index contributed by atoms with van der Waals surface area (Å²) in [6, 6.07) is 27.6. The summed E-state index contributed by atoms with van der Waals surface area (Å²) in [5.74, 6) is -0.160. The van der Waals surface area contributed by atoms with E-state index in [2.05, 4.69) is 4.90 Å². The van der Waals surface area contributed by atoms with Gasteiger partial charge in [0.15, 0.2) is 0 Å². The molecular weight excluding hydrogens is 462 g/mol. The van der Waals surface area contributed by atoms with E-state index in [-0.39, 0.29) is 24.4 Å². The van der Waals surface area contributed by atoms with Gasteiger partial charge in [0, 0.05) is 37.4 Å². The Kier molecular flexibility index (Phi) is 8.16. The van der Waals surface area contributed by atoms with Crippen LogP contribution in [0.5, 0.6) is 0 Å². The minimum Gasteiger partial charge on any atom is -0.375 e. The molecule has 3 aromatic rings. The molecule has 3 aromatic carbocycles. The van der Waals surface area contributed by atoms with Crippen LogP contribution >= 0.6 is 0 Å². The number of carbonyl (C=O) groups excluding carboxylic acids is 2. The lowest BCUT2D eigenvalue weighted by Gasteiger charge is -2.41. The second kappa shape index (κ2) is 12.1. The minimum absolute atomic E-state index is 0.0540. The van der Waals surface area contributed by atoms with Crippen molar-refractivity contribution in [2.45, 2.75) is 38.5 Å². The summed E-state index contributed by atoms with van der Waals surface area (Å²) in [6.45, 7) is 3.99. The van der Waals surface area contributed by atoms with E-state index in [9.17, 15) is 9.59 Å². The maximum absolute atomic E-state index is 13.4. The van der Waals surface area contributed by atoms with Gasteiger partial charge in [-0.1, -0.05) is 60.7 Å². The summed E-state index contributed by atoms with van der Waals surface area (Å²) in [7, 11) is 0. The number of rotatable bonds is 8. The van der Waals surface area contributed by atoms with Crippen LogP contribution in [0.1, 0.15) is 40.7 Å². The van der Waals surface area contributed by atoms with Crippen molar-refractivity contribution in [2.75, 3.05) is 37.7 Å². The molecule has 0 spiro atoms. The monoisotopic (exact) mass is 497 g/mol. The van der Waals surface area contributed by atoms with Crippen molar-refractivity contribution in [3.8, 4) is 0 Å². The summed E-state index contributed by atoms with van der Waals surface area (Å²) in [6.07, 6.45) is 3.71. The average molecular weight is 498 g/mol. The Morgan fingerprint density at radius 3 is 2.14 bits per heavy atom. The molecule has 0 aromatic heterocycles. The zero-order valence-electron chi connectivity index (χ0n) is 21.3. The van der Waals surface area contributed by atoms with Crippen LogP contribution in [0, 0.1) is 0 Å². The molecule has 192 valence electrons. The molecule has 6 heteroatoms. The lowest BCUT2D eigenvalue weighted by atomic mass is 10.1. The van der Waals surface area contributed by atoms with Crippen molar-refractivity contribution >= 4 is 17.5 Å². The highest BCUT2D eigenvalue weighted by atomic mass is 16.5. The summed E-state index contributed by atoms with van der Waals surface area (Å²) in [4.78, 5) is 32.7. The highest BCUT2D eigenvalue weighted by molar-refractivity contribution is 5.97. The van der Waals surface area contributed by atoms with Crippen molar-refractivity contribution in [3.63, 3.8) is 0 Å². The van der Waals surface area contributed by atoms with Gasteiger partial charge in [0.05, 0.1) is 19.3 Å². The van der Waals surface area contributed by atoms with E-state index in [4.69, 9.17) is 4.74 Å². The maximum atomic E-state index is 13.4. The molecule has 6 nitrogen and oxygen atoms in total. The quantitative estimate of drug-likeness (QED) is 0.451. The first-order valence-electron chi connectivity index (χ1n) is 13.3. The molecule has 5 rings (SSSR count). The molecule has 0 saturated carbocycles. The lowest BCUT2D eigenvalue weighted by Crippen LogP contribution is -2.58. The molecule has 0 radical (unpaired) electrons. The second-order valence-corrected chi connectivity index (χ2v) is 9.94. The van der Waals surface area contributed by atoms with E-state index >= 15 is 0 Å². The van der Waals surface area contributed by atoms with Gasteiger partial charge in [0.2, 0.25) is 5.91 Å². The van der Waals surface area contributed by atoms with Crippen molar-refractivity contribution in [2.24, 2.45) is 0 Å². The first-order chi connectivity index (χ1) is 18.2. The summed E-state index contributed by atoms with van der Waals surface area (Å²) < 4.78 is 6.05. The van der Waals surface area contributed by atoms with Gasteiger partial charge in [-0.25, -0.2) is 0 Å². The van der Waals surface area contributed by atoms with Gasteiger partial charge in [-0.3, -0.25) is 9.59 Å². The first kappa shape index (κ1) is 25.0. The number of hydrogen-bond donors (Lipinski definition) is 0. The zero-order valence-corrected chi connectivity index (χ0v) is 21.3. The van der Waals surface area contributed by atoms with Crippen molar-refractivity contribution in [1.29, 1.82) is 0 Å². The highest BCUT2D eigenvalue weighted by Gasteiger charge is 2.35. The molecule has 2 amide bonds.